The van der Waals surface area contributed by atoms with E-state index in [0.717, 1.165) is 18.6 Å². The van der Waals surface area contributed by atoms with E-state index in [0.29, 0.717) is 0 Å². The summed E-state index contributed by atoms with van der Waals surface area (Å²) in [6, 6.07) is 0. The summed E-state index contributed by atoms with van der Waals surface area (Å²) in [7, 11) is 0. The van der Waals surface area contributed by atoms with E-state index in [2.05, 4.69) is 15.9 Å². The zero-order valence-corrected chi connectivity index (χ0v) is 6.23. The van der Waals surface area contributed by atoms with Gasteiger partial charge in [-0.25, -0.2) is 0 Å². The van der Waals surface area contributed by atoms with Crippen molar-refractivity contribution in [2.24, 2.45) is 5.92 Å². The molecule has 0 heterocycles. The van der Waals surface area contributed by atoms with E-state index in [9.17, 15) is 4.79 Å². The summed E-state index contributed by atoms with van der Waals surface area (Å²) in [5.41, 5.74) is 0. The van der Waals surface area contributed by atoms with Gasteiger partial charge in [-0.05, 0) is 12.3 Å². The van der Waals surface area contributed by atoms with Gasteiger partial charge in [0.1, 0.15) is 6.29 Å². The van der Waals surface area contributed by atoms with Gasteiger partial charge in [0.05, 0.1) is 4.83 Å². The van der Waals surface area contributed by atoms with Gasteiger partial charge in [-0.2, -0.15) is 0 Å². The van der Waals surface area contributed by atoms with E-state index in [1.165, 1.54) is 12.8 Å². The van der Waals surface area contributed by atoms with E-state index in [-0.39, 0.29) is 4.83 Å². The Hall–Kier alpha value is 0.150. The summed E-state index contributed by atoms with van der Waals surface area (Å²) in [4.78, 5) is 10.1. The lowest BCUT2D eigenvalue weighted by Gasteiger charge is -1.94. The van der Waals surface area contributed by atoms with Gasteiger partial charge >= 0.3 is 0 Å². The molecule has 46 valence electrons. The predicted octanol–water partition coefficient (Wildman–Crippen LogP) is 1.75. The van der Waals surface area contributed by atoms with Crippen LogP contribution in [0.1, 0.15) is 19.3 Å². The highest BCUT2D eigenvalue weighted by molar-refractivity contribution is 9.09. The fourth-order valence-corrected chi connectivity index (χ4v) is 1.26. The molecule has 1 atom stereocenters. The number of aldehydes is 1. The van der Waals surface area contributed by atoms with Crippen molar-refractivity contribution in [3.8, 4) is 0 Å². The Kier molecular flexibility index (Phi) is 2.06. The quantitative estimate of drug-likeness (QED) is 0.474. The molecule has 1 aliphatic rings. The summed E-state index contributed by atoms with van der Waals surface area (Å²) in [6.45, 7) is 0. The fourth-order valence-electron chi connectivity index (χ4n) is 0.728. The number of alkyl halides is 1. The molecule has 1 fully saturated rings. The second-order valence-corrected chi connectivity index (χ2v) is 3.51. The Morgan fingerprint density at radius 1 is 1.75 bits per heavy atom. The van der Waals surface area contributed by atoms with Crippen LogP contribution < -0.4 is 0 Å². The molecule has 1 aliphatic carbocycles. The second kappa shape index (κ2) is 2.62. The van der Waals surface area contributed by atoms with Gasteiger partial charge < -0.3 is 4.79 Å². The third-order valence-electron chi connectivity index (χ3n) is 1.40. The minimum absolute atomic E-state index is 0.120. The van der Waals surface area contributed by atoms with E-state index in [1.807, 2.05) is 0 Å². The lowest BCUT2D eigenvalue weighted by molar-refractivity contribution is -0.107. The van der Waals surface area contributed by atoms with Gasteiger partial charge in [0.2, 0.25) is 0 Å². The van der Waals surface area contributed by atoms with Crippen molar-refractivity contribution < 1.29 is 4.79 Å². The molecule has 0 spiro atoms. The third kappa shape index (κ3) is 1.95. The first-order valence-corrected chi connectivity index (χ1v) is 3.84. The molecule has 0 amide bonds. The van der Waals surface area contributed by atoms with Crippen molar-refractivity contribution in [1.82, 2.24) is 0 Å². The minimum Gasteiger partial charge on any atom is -0.302 e. The Balaban J connectivity index is 2.06. The molecule has 0 unspecified atom stereocenters. The van der Waals surface area contributed by atoms with Crippen LogP contribution in [0.25, 0.3) is 0 Å². The van der Waals surface area contributed by atoms with Crippen molar-refractivity contribution >= 4 is 22.2 Å². The number of carbonyl (C=O) groups is 1. The van der Waals surface area contributed by atoms with Crippen molar-refractivity contribution in [2.45, 2.75) is 24.1 Å². The lowest BCUT2D eigenvalue weighted by atomic mass is 10.2. The van der Waals surface area contributed by atoms with Crippen molar-refractivity contribution in [3.05, 3.63) is 0 Å². The topological polar surface area (TPSA) is 17.1 Å². The SMILES string of the molecule is O=C[C@H](Br)CC1CC1. The molecule has 0 aliphatic heterocycles. The monoisotopic (exact) mass is 176 g/mol. The lowest BCUT2D eigenvalue weighted by Crippen LogP contribution is -1.98. The van der Waals surface area contributed by atoms with Crippen molar-refractivity contribution in [1.29, 1.82) is 0 Å². The first-order chi connectivity index (χ1) is 3.83. The Morgan fingerprint density at radius 3 is 2.75 bits per heavy atom. The highest BCUT2D eigenvalue weighted by atomic mass is 79.9. The molecule has 0 radical (unpaired) electrons. The first-order valence-electron chi connectivity index (χ1n) is 2.92. The van der Waals surface area contributed by atoms with E-state index >= 15 is 0 Å². The van der Waals surface area contributed by atoms with Crippen LogP contribution in [-0.4, -0.2) is 11.1 Å². The molecule has 0 bridgehead atoms. The van der Waals surface area contributed by atoms with E-state index in [1.54, 1.807) is 0 Å². The number of hydrogen-bond acceptors (Lipinski definition) is 1. The van der Waals surface area contributed by atoms with Gasteiger partial charge in [0.25, 0.3) is 0 Å². The molecular formula is C6H9BrO. The number of rotatable bonds is 3. The van der Waals surface area contributed by atoms with Crippen LogP contribution in [0.4, 0.5) is 0 Å². The molecule has 0 N–H and O–H groups in total. The summed E-state index contributed by atoms with van der Waals surface area (Å²) >= 11 is 3.25. The smallest absolute Gasteiger partial charge is 0.133 e. The number of carbonyl (C=O) groups excluding carboxylic acids is 1. The highest BCUT2D eigenvalue weighted by Gasteiger charge is 2.23. The van der Waals surface area contributed by atoms with Crippen molar-refractivity contribution in [2.75, 3.05) is 0 Å². The standard InChI is InChI=1S/C6H9BrO/c7-6(4-8)3-5-1-2-5/h4-6H,1-3H2/t6-/m1/s1. The summed E-state index contributed by atoms with van der Waals surface area (Å²) < 4.78 is 0. The van der Waals surface area contributed by atoms with Gasteiger partial charge in [0, 0.05) is 0 Å². The average molecular weight is 177 g/mol. The van der Waals surface area contributed by atoms with Gasteiger partial charge in [-0.15, -0.1) is 0 Å². The largest absolute Gasteiger partial charge is 0.302 e. The van der Waals surface area contributed by atoms with Gasteiger partial charge in [-0.3, -0.25) is 0 Å². The number of halogens is 1. The Bertz CT molecular complexity index is 88.5. The molecule has 1 rings (SSSR count). The maximum atomic E-state index is 10.0. The van der Waals surface area contributed by atoms with Gasteiger partial charge in [-0.1, -0.05) is 28.8 Å². The zero-order valence-electron chi connectivity index (χ0n) is 4.64. The molecule has 1 nitrogen and oxygen atoms in total. The van der Waals surface area contributed by atoms with Crippen molar-refractivity contribution in [3.63, 3.8) is 0 Å². The minimum atomic E-state index is 0.120. The first kappa shape index (κ1) is 6.27. The number of hydrogen-bond donors (Lipinski definition) is 0. The maximum absolute atomic E-state index is 10.0. The van der Waals surface area contributed by atoms with Crippen LogP contribution >= 0.6 is 15.9 Å². The molecule has 0 aromatic carbocycles. The summed E-state index contributed by atoms with van der Waals surface area (Å²) in [5.74, 6) is 0.851. The molecule has 2 heteroatoms. The fraction of sp³-hybridized carbons (Fsp3) is 0.833. The third-order valence-corrected chi connectivity index (χ3v) is 1.99. The van der Waals surface area contributed by atoms with Crippen LogP contribution in [0.2, 0.25) is 0 Å². The maximum Gasteiger partial charge on any atom is 0.133 e. The summed E-state index contributed by atoms with van der Waals surface area (Å²) in [5, 5.41) is 0. The Labute approximate surface area is 57.6 Å². The molecule has 0 aromatic rings. The molecule has 1 saturated carbocycles. The van der Waals surface area contributed by atoms with E-state index < -0.39 is 0 Å². The zero-order chi connectivity index (χ0) is 5.98. The molecule has 0 aromatic heterocycles. The van der Waals surface area contributed by atoms with Crippen LogP contribution in [0, 0.1) is 5.92 Å². The molecular weight excluding hydrogens is 168 g/mol. The van der Waals surface area contributed by atoms with Crippen LogP contribution in [0.15, 0.2) is 0 Å². The van der Waals surface area contributed by atoms with Gasteiger partial charge in [0.15, 0.2) is 0 Å². The van der Waals surface area contributed by atoms with Crippen LogP contribution in [0.5, 0.6) is 0 Å². The highest BCUT2D eigenvalue weighted by Crippen LogP contribution is 2.34. The normalized spacial score (nSPS) is 22.6. The molecule has 8 heavy (non-hydrogen) atoms. The predicted molar refractivity (Wildman–Crippen MR) is 36.1 cm³/mol. The second-order valence-electron chi connectivity index (χ2n) is 2.33. The summed E-state index contributed by atoms with van der Waals surface area (Å²) in [6.07, 6.45) is 4.67. The Morgan fingerprint density at radius 2 is 2.38 bits per heavy atom. The molecule has 0 saturated heterocycles. The average Bonchev–Trinajstić information content (AvgIpc) is 2.50. The van der Waals surface area contributed by atoms with Crippen LogP contribution in [0.3, 0.4) is 0 Å². The van der Waals surface area contributed by atoms with E-state index in [4.69, 9.17) is 0 Å². The van der Waals surface area contributed by atoms with Crippen LogP contribution in [-0.2, 0) is 4.79 Å².